The minimum atomic E-state index is -0.794. The molecule has 0 aliphatic carbocycles. The molecule has 0 bridgehead atoms. The number of hydrogen-bond acceptors (Lipinski definition) is 5. The van der Waals surface area contributed by atoms with Crippen molar-refractivity contribution in [3.63, 3.8) is 0 Å². The highest BCUT2D eigenvalue weighted by Crippen LogP contribution is 2.17. The normalized spacial score (nSPS) is 11.8. The smallest absolute Gasteiger partial charge is 0.180 e. The molecule has 0 amide bonds. The van der Waals surface area contributed by atoms with Gasteiger partial charge in [0.05, 0.1) is 11.8 Å². The molecule has 104 valence electrons. The van der Waals surface area contributed by atoms with E-state index in [4.69, 9.17) is 0 Å². The number of nitrogens with zero attached hydrogens (tertiary/aromatic N) is 3. The van der Waals surface area contributed by atoms with Crippen LogP contribution in [0.2, 0.25) is 0 Å². The van der Waals surface area contributed by atoms with Crippen molar-refractivity contribution in [1.29, 1.82) is 0 Å². The molecule has 19 heavy (non-hydrogen) atoms. The first kappa shape index (κ1) is 13.6. The Morgan fingerprint density at radius 2 is 2.16 bits per heavy atom. The van der Waals surface area contributed by atoms with E-state index in [1.54, 1.807) is 20.0 Å². The lowest BCUT2D eigenvalue weighted by atomic mass is 10.1. The van der Waals surface area contributed by atoms with Crippen molar-refractivity contribution in [3.05, 3.63) is 18.6 Å². The Balaban J connectivity index is 2.26. The van der Waals surface area contributed by atoms with Crippen molar-refractivity contribution in [1.82, 2.24) is 14.4 Å². The average molecular weight is 263 g/mol. The maximum absolute atomic E-state index is 9.78. The number of aliphatic hydroxyl groups is 1. The van der Waals surface area contributed by atoms with Gasteiger partial charge < -0.3 is 20.1 Å². The van der Waals surface area contributed by atoms with Crippen LogP contribution < -0.4 is 10.6 Å². The molecule has 2 aromatic rings. The maximum Gasteiger partial charge on any atom is 0.180 e. The van der Waals surface area contributed by atoms with E-state index in [1.807, 2.05) is 16.8 Å². The number of anilines is 2. The molecule has 0 unspecified atom stereocenters. The molecular formula is C13H21N5O. The second-order valence-electron chi connectivity index (χ2n) is 5.23. The quantitative estimate of drug-likeness (QED) is 0.740. The molecule has 0 saturated heterocycles. The van der Waals surface area contributed by atoms with Crippen molar-refractivity contribution in [3.8, 4) is 0 Å². The van der Waals surface area contributed by atoms with Crippen LogP contribution in [-0.2, 0) is 0 Å². The molecule has 0 aliphatic rings. The molecule has 0 saturated carbocycles. The number of rotatable bonds is 6. The zero-order valence-corrected chi connectivity index (χ0v) is 11.6. The van der Waals surface area contributed by atoms with Gasteiger partial charge in [0.25, 0.3) is 0 Å². The summed E-state index contributed by atoms with van der Waals surface area (Å²) >= 11 is 0. The zero-order chi connectivity index (χ0) is 13.9. The fourth-order valence-electron chi connectivity index (χ4n) is 1.69. The summed E-state index contributed by atoms with van der Waals surface area (Å²) in [6.45, 7) is 6.90. The van der Waals surface area contributed by atoms with E-state index in [1.165, 1.54) is 0 Å². The van der Waals surface area contributed by atoms with Crippen molar-refractivity contribution in [2.75, 3.05) is 23.7 Å². The van der Waals surface area contributed by atoms with Crippen LogP contribution in [0.5, 0.6) is 0 Å². The highest BCUT2D eigenvalue weighted by atomic mass is 16.3. The first-order valence-corrected chi connectivity index (χ1v) is 6.53. The van der Waals surface area contributed by atoms with Gasteiger partial charge in [0.1, 0.15) is 5.82 Å². The topological polar surface area (TPSA) is 74.5 Å². The van der Waals surface area contributed by atoms with Crippen LogP contribution in [0.25, 0.3) is 5.65 Å². The van der Waals surface area contributed by atoms with E-state index in [9.17, 15) is 5.11 Å². The van der Waals surface area contributed by atoms with E-state index in [-0.39, 0.29) is 0 Å². The van der Waals surface area contributed by atoms with Crippen LogP contribution in [0.15, 0.2) is 18.6 Å². The monoisotopic (exact) mass is 263 g/mol. The SMILES string of the molecule is CCCNc1cn2ccnc2c(NCC(C)(C)O)n1. The third-order valence-corrected chi connectivity index (χ3v) is 2.62. The van der Waals surface area contributed by atoms with E-state index in [0.29, 0.717) is 12.4 Å². The van der Waals surface area contributed by atoms with Gasteiger partial charge in [-0.25, -0.2) is 9.97 Å². The molecular weight excluding hydrogens is 242 g/mol. The highest BCUT2D eigenvalue weighted by molar-refractivity contribution is 5.65. The Morgan fingerprint density at radius 1 is 1.37 bits per heavy atom. The van der Waals surface area contributed by atoms with Crippen LogP contribution in [0.3, 0.4) is 0 Å². The van der Waals surface area contributed by atoms with Crippen molar-refractivity contribution in [2.24, 2.45) is 0 Å². The number of aromatic nitrogens is 3. The largest absolute Gasteiger partial charge is 0.389 e. The zero-order valence-electron chi connectivity index (χ0n) is 11.6. The highest BCUT2D eigenvalue weighted by Gasteiger charge is 2.14. The Morgan fingerprint density at radius 3 is 2.84 bits per heavy atom. The average Bonchev–Trinajstić information content (AvgIpc) is 2.80. The van der Waals surface area contributed by atoms with Crippen molar-refractivity contribution < 1.29 is 5.11 Å². The Hall–Kier alpha value is -1.82. The van der Waals surface area contributed by atoms with E-state index < -0.39 is 5.60 Å². The summed E-state index contributed by atoms with van der Waals surface area (Å²) in [6.07, 6.45) is 6.56. The molecule has 0 aromatic carbocycles. The lowest BCUT2D eigenvalue weighted by Crippen LogP contribution is -2.29. The predicted molar refractivity (Wildman–Crippen MR) is 76.6 cm³/mol. The first-order valence-electron chi connectivity index (χ1n) is 6.53. The summed E-state index contributed by atoms with van der Waals surface area (Å²) in [6, 6.07) is 0. The summed E-state index contributed by atoms with van der Waals surface area (Å²) in [7, 11) is 0. The lowest BCUT2D eigenvalue weighted by Gasteiger charge is -2.18. The van der Waals surface area contributed by atoms with Crippen LogP contribution in [0.4, 0.5) is 11.6 Å². The molecule has 0 aliphatic heterocycles. The molecule has 2 aromatic heterocycles. The fourth-order valence-corrected chi connectivity index (χ4v) is 1.69. The van der Waals surface area contributed by atoms with Gasteiger partial charge >= 0.3 is 0 Å². The lowest BCUT2D eigenvalue weighted by molar-refractivity contribution is 0.0944. The Kier molecular flexibility index (Phi) is 3.90. The molecule has 0 atom stereocenters. The fraction of sp³-hybridized carbons (Fsp3) is 0.538. The first-order chi connectivity index (χ1) is 8.99. The van der Waals surface area contributed by atoms with Gasteiger partial charge in [-0.2, -0.15) is 0 Å². The minimum absolute atomic E-state index is 0.416. The number of hydrogen-bond donors (Lipinski definition) is 3. The van der Waals surface area contributed by atoms with Gasteiger partial charge in [-0.15, -0.1) is 0 Å². The van der Waals surface area contributed by atoms with Crippen LogP contribution >= 0.6 is 0 Å². The summed E-state index contributed by atoms with van der Waals surface area (Å²) in [5, 5.41) is 16.2. The van der Waals surface area contributed by atoms with Gasteiger partial charge in [-0.1, -0.05) is 6.92 Å². The molecule has 0 radical (unpaired) electrons. The Bertz CT molecular complexity index is 543. The summed E-state index contributed by atoms with van der Waals surface area (Å²) < 4.78 is 1.91. The van der Waals surface area contributed by atoms with Gasteiger partial charge in [0.15, 0.2) is 11.5 Å². The van der Waals surface area contributed by atoms with Crippen LogP contribution in [0.1, 0.15) is 27.2 Å². The van der Waals surface area contributed by atoms with Crippen molar-refractivity contribution in [2.45, 2.75) is 32.8 Å². The number of nitrogens with one attached hydrogen (secondary N) is 2. The third-order valence-electron chi connectivity index (χ3n) is 2.62. The molecule has 6 heteroatoms. The second kappa shape index (κ2) is 5.44. The molecule has 0 spiro atoms. The number of imidazole rings is 1. The molecule has 2 rings (SSSR count). The van der Waals surface area contributed by atoms with Gasteiger partial charge in [-0.3, -0.25) is 0 Å². The van der Waals surface area contributed by atoms with Crippen LogP contribution in [0, 0.1) is 0 Å². The molecule has 6 nitrogen and oxygen atoms in total. The van der Waals surface area contributed by atoms with Crippen LogP contribution in [-0.4, -0.2) is 38.2 Å². The van der Waals surface area contributed by atoms with E-state index in [2.05, 4.69) is 27.5 Å². The maximum atomic E-state index is 9.78. The van der Waals surface area contributed by atoms with Gasteiger partial charge in [0, 0.05) is 25.5 Å². The molecule has 2 heterocycles. The summed E-state index contributed by atoms with van der Waals surface area (Å²) in [5.41, 5.74) is -0.0377. The third kappa shape index (κ3) is 3.57. The predicted octanol–water partition coefficient (Wildman–Crippen LogP) is 1.73. The van der Waals surface area contributed by atoms with E-state index >= 15 is 0 Å². The number of fused-ring (bicyclic) bond motifs is 1. The standard InChI is InChI=1S/C13H21N5O/c1-4-5-14-10-8-18-7-6-15-12(18)11(17-10)16-9-13(2,3)19/h6-8,14,19H,4-5,9H2,1-3H3,(H,16,17). The summed E-state index contributed by atoms with van der Waals surface area (Å²) in [5.74, 6) is 1.47. The Labute approximate surface area is 112 Å². The summed E-state index contributed by atoms with van der Waals surface area (Å²) in [4.78, 5) is 8.77. The van der Waals surface area contributed by atoms with E-state index in [0.717, 1.165) is 24.4 Å². The van der Waals surface area contributed by atoms with Gasteiger partial charge in [0.2, 0.25) is 0 Å². The minimum Gasteiger partial charge on any atom is -0.389 e. The molecule has 0 fully saturated rings. The van der Waals surface area contributed by atoms with Crippen molar-refractivity contribution >= 4 is 17.3 Å². The second-order valence-corrected chi connectivity index (χ2v) is 5.23. The van der Waals surface area contributed by atoms with Gasteiger partial charge in [-0.05, 0) is 20.3 Å². The molecule has 3 N–H and O–H groups in total.